The van der Waals surface area contributed by atoms with Crippen LogP contribution in [-0.4, -0.2) is 22.2 Å². The topological polar surface area (TPSA) is 102 Å². The third-order valence-corrected chi connectivity index (χ3v) is 2.15. The Morgan fingerprint density at radius 2 is 2.05 bits per heavy atom. The number of carbonyl (C=O) groups is 2. The summed E-state index contributed by atoms with van der Waals surface area (Å²) in [4.78, 5) is 25.5. The molecule has 0 aliphatic rings. The second kappa shape index (κ2) is 5.67. The molecule has 1 aromatic carbocycles. The number of carbonyl (C=O) groups excluding carboxylic acids is 1. The van der Waals surface area contributed by atoms with Crippen molar-refractivity contribution in [1.82, 2.24) is 4.98 Å². The number of aromatic nitrogens is 1. The zero-order valence-corrected chi connectivity index (χ0v) is 9.70. The molecule has 7 heteroatoms. The molecule has 0 saturated heterocycles. The summed E-state index contributed by atoms with van der Waals surface area (Å²) in [5.74, 6) is -1.24. The molecule has 2 aromatic rings. The number of aromatic carboxylic acids is 1. The monoisotopic (exact) mass is 262 g/mol. The molecule has 0 aliphatic heterocycles. The molecule has 0 atom stereocenters. The first kappa shape index (κ1) is 12.6. The number of carboxylic acid groups (broad SMARTS) is 1. The number of anilines is 1. The van der Waals surface area contributed by atoms with Gasteiger partial charge in [0.05, 0.1) is 0 Å². The van der Waals surface area contributed by atoms with E-state index in [9.17, 15) is 9.59 Å². The van der Waals surface area contributed by atoms with E-state index in [1.165, 1.54) is 0 Å². The Hall–Kier alpha value is -2.83. The maximum Gasteiger partial charge on any atom is 0.415 e. The van der Waals surface area contributed by atoms with Gasteiger partial charge in [-0.15, -0.1) is 0 Å². The molecule has 98 valence electrons. The molecule has 1 amide bonds. The van der Waals surface area contributed by atoms with Gasteiger partial charge in [0.25, 0.3) is 0 Å². The van der Waals surface area contributed by atoms with E-state index in [0.717, 1.165) is 11.8 Å². The van der Waals surface area contributed by atoms with E-state index >= 15 is 0 Å². The number of oxazole rings is 1. The van der Waals surface area contributed by atoms with Crippen LogP contribution < -0.4 is 5.32 Å². The third kappa shape index (κ3) is 3.56. The van der Waals surface area contributed by atoms with Crippen molar-refractivity contribution < 1.29 is 23.8 Å². The van der Waals surface area contributed by atoms with Crippen molar-refractivity contribution in [2.75, 3.05) is 5.32 Å². The molecule has 2 N–H and O–H groups in total. The standard InChI is InChI=1S/C12H10N2O5/c15-10(16)9-7-18-11(13-9)14-12(17)19-6-8-4-2-1-3-5-8/h1-5,7H,6H2,(H,15,16)(H,13,14,17). The fourth-order valence-corrected chi connectivity index (χ4v) is 1.28. The van der Waals surface area contributed by atoms with Crippen LogP contribution in [0.3, 0.4) is 0 Å². The quantitative estimate of drug-likeness (QED) is 0.875. The highest BCUT2D eigenvalue weighted by molar-refractivity contribution is 5.86. The number of rotatable bonds is 4. The number of amides is 1. The normalized spacial score (nSPS) is 9.89. The number of nitrogens with one attached hydrogen (secondary N) is 1. The molecule has 0 saturated carbocycles. The van der Waals surface area contributed by atoms with Gasteiger partial charge in [-0.2, -0.15) is 4.98 Å². The van der Waals surface area contributed by atoms with Gasteiger partial charge >= 0.3 is 18.1 Å². The van der Waals surface area contributed by atoms with E-state index in [0.29, 0.717) is 0 Å². The highest BCUT2D eigenvalue weighted by atomic mass is 16.6. The first-order valence-corrected chi connectivity index (χ1v) is 5.31. The van der Waals surface area contributed by atoms with Gasteiger partial charge in [0.1, 0.15) is 12.9 Å². The van der Waals surface area contributed by atoms with Gasteiger partial charge < -0.3 is 14.3 Å². The van der Waals surface area contributed by atoms with E-state index < -0.39 is 12.1 Å². The SMILES string of the molecule is O=C(Nc1nc(C(=O)O)co1)OCc1ccccc1. The molecule has 0 fully saturated rings. The van der Waals surface area contributed by atoms with Crippen LogP contribution >= 0.6 is 0 Å². The summed E-state index contributed by atoms with van der Waals surface area (Å²) in [6.07, 6.45) is 0.150. The van der Waals surface area contributed by atoms with Crippen molar-refractivity contribution >= 4 is 18.1 Å². The number of ether oxygens (including phenoxy) is 1. The predicted octanol–water partition coefficient (Wildman–Crippen LogP) is 2.12. The Labute approximate surface area is 107 Å². The van der Waals surface area contributed by atoms with Gasteiger partial charge in [0.15, 0.2) is 5.69 Å². The average molecular weight is 262 g/mol. The van der Waals surface area contributed by atoms with Crippen molar-refractivity contribution in [2.24, 2.45) is 0 Å². The summed E-state index contributed by atoms with van der Waals surface area (Å²) in [5.41, 5.74) is 0.537. The lowest BCUT2D eigenvalue weighted by Crippen LogP contribution is -2.14. The zero-order chi connectivity index (χ0) is 13.7. The minimum atomic E-state index is -1.24. The van der Waals surface area contributed by atoms with Crippen LogP contribution in [0.15, 0.2) is 41.0 Å². The van der Waals surface area contributed by atoms with Crippen molar-refractivity contribution in [3.05, 3.63) is 47.9 Å². The molecule has 0 radical (unpaired) electrons. The van der Waals surface area contributed by atoms with Gasteiger partial charge in [-0.1, -0.05) is 30.3 Å². The molecule has 0 unspecified atom stereocenters. The van der Waals surface area contributed by atoms with Crippen LogP contribution in [0.25, 0.3) is 0 Å². The van der Waals surface area contributed by atoms with Crippen molar-refractivity contribution in [2.45, 2.75) is 6.61 Å². The molecular formula is C12H10N2O5. The predicted molar refractivity (Wildman–Crippen MR) is 63.7 cm³/mol. The number of benzene rings is 1. The molecule has 0 spiro atoms. The van der Waals surface area contributed by atoms with Crippen LogP contribution in [0.1, 0.15) is 16.1 Å². The number of carboxylic acids is 1. The van der Waals surface area contributed by atoms with Crippen molar-refractivity contribution in [3.8, 4) is 0 Å². The smallest absolute Gasteiger partial charge is 0.415 e. The molecule has 2 rings (SSSR count). The number of nitrogens with zero attached hydrogens (tertiary/aromatic N) is 1. The maximum atomic E-state index is 11.4. The molecule has 19 heavy (non-hydrogen) atoms. The first-order chi connectivity index (χ1) is 9.15. The van der Waals surface area contributed by atoms with E-state index in [-0.39, 0.29) is 18.3 Å². The van der Waals surface area contributed by atoms with Crippen molar-refractivity contribution in [1.29, 1.82) is 0 Å². The Morgan fingerprint density at radius 1 is 1.32 bits per heavy atom. The zero-order valence-electron chi connectivity index (χ0n) is 9.70. The lowest BCUT2D eigenvalue weighted by Gasteiger charge is -2.03. The van der Waals surface area contributed by atoms with Crippen LogP contribution in [0.5, 0.6) is 0 Å². The van der Waals surface area contributed by atoms with Gasteiger partial charge in [-0.3, -0.25) is 0 Å². The molecule has 0 bridgehead atoms. The van der Waals surface area contributed by atoms with Crippen LogP contribution in [-0.2, 0) is 11.3 Å². The minimum Gasteiger partial charge on any atom is -0.476 e. The van der Waals surface area contributed by atoms with Gasteiger partial charge in [0.2, 0.25) is 0 Å². The largest absolute Gasteiger partial charge is 0.476 e. The average Bonchev–Trinajstić information content (AvgIpc) is 2.86. The molecule has 1 aromatic heterocycles. The molecule has 1 heterocycles. The highest BCUT2D eigenvalue weighted by Crippen LogP contribution is 2.08. The van der Waals surface area contributed by atoms with Crippen LogP contribution in [0.4, 0.5) is 10.8 Å². The van der Waals surface area contributed by atoms with E-state index in [1.54, 1.807) is 12.1 Å². The summed E-state index contributed by atoms with van der Waals surface area (Å²) in [6.45, 7) is 0.0964. The summed E-state index contributed by atoms with van der Waals surface area (Å²) in [6, 6.07) is 8.88. The lowest BCUT2D eigenvalue weighted by molar-refractivity contribution is 0.0690. The number of hydrogen-bond acceptors (Lipinski definition) is 5. The fraction of sp³-hybridized carbons (Fsp3) is 0.0833. The van der Waals surface area contributed by atoms with Crippen LogP contribution in [0, 0.1) is 0 Å². The summed E-state index contributed by atoms with van der Waals surface area (Å²) in [5, 5.41) is 10.8. The van der Waals surface area contributed by atoms with Gasteiger partial charge in [-0.25, -0.2) is 14.9 Å². The number of hydrogen-bond donors (Lipinski definition) is 2. The second-order valence-corrected chi connectivity index (χ2v) is 3.53. The van der Waals surface area contributed by atoms with E-state index in [1.807, 2.05) is 18.2 Å². The van der Waals surface area contributed by atoms with Crippen LogP contribution in [0.2, 0.25) is 0 Å². The van der Waals surface area contributed by atoms with Crippen molar-refractivity contribution in [3.63, 3.8) is 0 Å². The maximum absolute atomic E-state index is 11.4. The summed E-state index contributed by atoms with van der Waals surface area (Å²) in [7, 11) is 0. The highest BCUT2D eigenvalue weighted by Gasteiger charge is 2.13. The van der Waals surface area contributed by atoms with E-state index in [2.05, 4.69) is 10.3 Å². The Balaban J connectivity index is 1.85. The Kier molecular flexibility index (Phi) is 3.77. The lowest BCUT2D eigenvalue weighted by atomic mass is 10.2. The molecule has 0 aliphatic carbocycles. The molecular weight excluding hydrogens is 252 g/mol. The summed E-state index contributed by atoms with van der Waals surface area (Å²) < 4.78 is 9.65. The van der Waals surface area contributed by atoms with E-state index in [4.69, 9.17) is 14.3 Å². The van der Waals surface area contributed by atoms with Gasteiger partial charge in [-0.05, 0) is 5.56 Å². The fourth-order valence-electron chi connectivity index (χ4n) is 1.28. The third-order valence-electron chi connectivity index (χ3n) is 2.15. The minimum absolute atomic E-state index is 0.0964. The molecule has 7 nitrogen and oxygen atoms in total. The second-order valence-electron chi connectivity index (χ2n) is 3.53. The Bertz CT molecular complexity index is 579. The van der Waals surface area contributed by atoms with Gasteiger partial charge in [0, 0.05) is 0 Å². The Morgan fingerprint density at radius 3 is 2.68 bits per heavy atom. The summed E-state index contributed by atoms with van der Waals surface area (Å²) >= 11 is 0. The first-order valence-electron chi connectivity index (χ1n) is 5.31.